The second-order valence-electron chi connectivity index (χ2n) is 4.97. The number of hydrogen-bond acceptors (Lipinski definition) is 3. The molecule has 18 heavy (non-hydrogen) atoms. The monoisotopic (exact) mass is 247 g/mol. The average Bonchev–Trinajstić information content (AvgIpc) is 2.31. The highest BCUT2D eigenvalue weighted by Gasteiger charge is 2.17. The zero-order valence-corrected chi connectivity index (χ0v) is 10.9. The van der Waals surface area contributed by atoms with Crippen molar-refractivity contribution in [1.82, 2.24) is 10.3 Å². The molecule has 1 heterocycles. The van der Waals surface area contributed by atoms with Crippen molar-refractivity contribution in [2.24, 2.45) is 5.92 Å². The van der Waals surface area contributed by atoms with Gasteiger partial charge in [-0.1, -0.05) is 26.2 Å². The largest absolute Gasteiger partial charge is 0.384 e. The van der Waals surface area contributed by atoms with Crippen LogP contribution in [0.25, 0.3) is 0 Å². The maximum Gasteiger partial charge on any atom is 0.251 e. The number of rotatable bonds is 5. The van der Waals surface area contributed by atoms with Gasteiger partial charge in [0.1, 0.15) is 5.82 Å². The first kappa shape index (κ1) is 12.9. The fourth-order valence-electron chi connectivity index (χ4n) is 2.20. The number of nitrogens with two attached hydrogens (primary N) is 1. The summed E-state index contributed by atoms with van der Waals surface area (Å²) in [5, 5.41) is 2.95. The van der Waals surface area contributed by atoms with E-state index in [-0.39, 0.29) is 5.91 Å². The smallest absolute Gasteiger partial charge is 0.251 e. The molecule has 0 saturated heterocycles. The lowest BCUT2D eigenvalue weighted by atomic mass is 9.83. The molecule has 2 rings (SSSR count). The van der Waals surface area contributed by atoms with E-state index >= 15 is 0 Å². The molecule has 4 heteroatoms. The molecule has 0 aliphatic heterocycles. The molecule has 1 aliphatic carbocycles. The summed E-state index contributed by atoms with van der Waals surface area (Å²) in [6, 6.07) is 3.45. The van der Waals surface area contributed by atoms with Crippen LogP contribution in [0.2, 0.25) is 0 Å². The third-order valence-electron chi connectivity index (χ3n) is 3.59. The lowest BCUT2D eigenvalue weighted by Gasteiger charge is -2.25. The fraction of sp³-hybridized carbons (Fsp3) is 0.571. The predicted octanol–water partition coefficient (Wildman–Crippen LogP) is 2.15. The van der Waals surface area contributed by atoms with E-state index in [1.807, 2.05) is 13.0 Å². The third kappa shape index (κ3) is 3.22. The zero-order valence-electron chi connectivity index (χ0n) is 10.9. The molecule has 0 bridgehead atoms. The second-order valence-corrected chi connectivity index (χ2v) is 4.97. The van der Waals surface area contributed by atoms with Crippen LogP contribution in [0.3, 0.4) is 0 Å². The van der Waals surface area contributed by atoms with Gasteiger partial charge < -0.3 is 11.1 Å². The number of hydrogen-bond donors (Lipinski definition) is 2. The minimum atomic E-state index is -0.0434. The molecule has 1 aliphatic rings. The van der Waals surface area contributed by atoms with E-state index in [0.29, 0.717) is 11.4 Å². The van der Waals surface area contributed by atoms with Crippen LogP contribution in [0, 0.1) is 5.92 Å². The maximum absolute atomic E-state index is 12.0. The van der Waals surface area contributed by atoms with Gasteiger partial charge in [-0.05, 0) is 30.9 Å². The number of amides is 1. The number of pyridine rings is 1. The van der Waals surface area contributed by atoms with Crippen molar-refractivity contribution in [3.05, 3.63) is 23.4 Å². The summed E-state index contributed by atoms with van der Waals surface area (Å²) in [6.07, 6.45) is 5.86. The molecule has 1 amide bonds. The average molecular weight is 247 g/mol. The van der Waals surface area contributed by atoms with E-state index < -0.39 is 0 Å². The standard InChI is InChI=1S/C14H21N3O/c1-2-12-8-11(9-13(15)17-12)14(18)16-7-6-10-4-3-5-10/h8-10H,2-7H2,1H3,(H2,15,17)(H,16,18). The van der Waals surface area contributed by atoms with Crippen LogP contribution in [0.15, 0.2) is 12.1 Å². The van der Waals surface area contributed by atoms with Gasteiger partial charge in [0.2, 0.25) is 0 Å². The van der Waals surface area contributed by atoms with Crippen LogP contribution in [0.1, 0.15) is 48.7 Å². The molecule has 1 aromatic heterocycles. The van der Waals surface area contributed by atoms with Crippen molar-refractivity contribution >= 4 is 11.7 Å². The SMILES string of the molecule is CCc1cc(C(=O)NCCC2CCC2)cc(N)n1. The van der Waals surface area contributed by atoms with Crippen LogP contribution in [-0.4, -0.2) is 17.4 Å². The number of aryl methyl sites for hydroxylation is 1. The fourth-order valence-corrected chi connectivity index (χ4v) is 2.20. The van der Waals surface area contributed by atoms with Crippen molar-refractivity contribution < 1.29 is 4.79 Å². The van der Waals surface area contributed by atoms with Crippen molar-refractivity contribution in [3.63, 3.8) is 0 Å². The Morgan fingerprint density at radius 3 is 2.89 bits per heavy atom. The second kappa shape index (κ2) is 5.85. The van der Waals surface area contributed by atoms with Gasteiger partial charge in [-0.25, -0.2) is 4.98 Å². The highest BCUT2D eigenvalue weighted by Crippen LogP contribution is 2.28. The summed E-state index contributed by atoms with van der Waals surface area (Å²) in [5.41, 5.74) is 7.17. The van der Waals surface area contributed by atoms with Crippen LogP contribution < -0.4 is 11.1 Å². The van der Waals surface area contributed by atoms with E-state index in [1.54, 1.807) is 6.07 Å². The first-order chi connectivity index (χ1) is 8.69. The minimum absolute atomic E-state index is 0.0434. The van der Waals surface area contributed by atoms with E-state index in [0.717, 1.165) is 31.0 Å². The lowest BCUT2D eigenvalue weighted by Crippen LogP contribution is -2.27. The Kier molecular flexibility index (Phi) is 4.18. The topological polar surface area (TPSA) is 68.0 Å². The summed E-state index contributed by atoms with van der Waals surface area (Å²) in [6.45, 7) is 2.76. The summed E-state index contributed by atoms with van der Waals surface area (Å²) in [4.78, 5) is 16.1. The summed E-state index contributed by atoms with van der Waals surface area (Å²) < 4.78 is 0. The summed E-state index contributed by atoms with van der Waals surface area (Å²) in [5.74, 6) is 1.19. The Bertz CT molecular complexity index is 427. The van der Waals surface area contributed by atoms with Crippen molar-refractivity contribution in [2.75, 3.05) is 12.3 Å². The molecule has 1 aromatic rings. The Hall–Kier alpha value is -1.58. The number of aromatic nitrogens is 1. The van der Waals surface area contributed by atoms with Crippen LogP contribution in [0.5, 0.6) is 0 Å². The molecule has 0 spiro atoms. The van der Waals surface area contributed by atoms with Crippen molar-refractivity contribution in [3.8, 4) is 0 Å². The lowest BCUT2D eigenvalue weighted by molar-refractivity contribution is 0.0949. The van der Waals surface area contributed by atoms with Gasteiger partial charge in [-0.15, -0.1) is 0 Å². The first-order valence-electron chi connectivity index (χ1n) is 6.73. The summed E-state index contributed by atoms with van der Waals surface area (Å²) >= 11 is 0. The van der Waals surface area contributed by atoms with Gasteiger partial charge >= 0.3 is 0 Å². The third-order valence-corrected chi connectivity index (χ3v) is 3.59. The molecule has 4 nitrogen and oxygen atoms in total. The number of nitrogens with zero attached hydrogens (tertiary/aromatic N) is 1. The number of carbonyl (C=O) groups excluding carboxylic acids is 1. The quantitative estimate of drug-likeness (QED) is 0.837. The number of carbonyl (C=O) groups is 1. The number of anilines is 1. The Morgan fingerprint density at radius 2 is 2.28 bits per heavy atom. The zero-order chi connectivity index (χ0) is 13.0. The molecule has 0 atom stereocenters. The molecular weight excluding hydrogens is 226 g/mol. The molecule has 0 unspecified atom stereocenters. The Labute approximate surface area is 108 Å². The first-order valence-corrected chi connectivity index (χ1v) is 6.73. The van der Waals surface area contributed by atoms with Crippen LogP contribution in [-0.2, 0) is 6.42 Å². The van der Waals surface area contributed by atoms with E-state index in [4.69, 9.17) is 5.73 Å². The van der Waals surface area contributed by atoms with Gasteiger partial charge in [0.15, 0.2) is 0 Å². The molecular formula is C14H21N3O. The van der Waals surface area contributed by atoms with Gasteiger partial charge in [0.05, 0.1) is 0 Å². The van der Waals surface area contributed by atoms with Crippen molar-refractivity contribution in [2.45, 2.75) is 39.0 Å². The van der Waals surface area contributed by atoms with Crippen molar-refractivity contribution in [1.29, 1.82) is 0 Å². The maximum atomic E-state index is 12.0. The van der Waals surface area contributed by atoms with Gasteiger partial charge in [-0.2, -0.15) is 0 Å². The molecule has 3 N–H and O–H groups in total. The van der Waals surface area contributed by atoms with Gasteiger partial charge in [-0.3, -0.25) is 4.79 Å². The van der Waals surface area contributed by atoms with Gasteiger partial charge in [0, 0.05) is 17.8 Å². The van der Waals surface area contributed by atoms with E-state index in [9.17, 15) is 4.79 Å². The summed E-state index contributed by atoms with van der Waals surface area (Å²) in [7, 11) is 0. The molecule has 0 radical (unpaired) electrons. The molecule has 98 valence electrons. The molecule has 1 saturated carbocycles. The Balaban J connectivity index is 1.88. The normalized spacial score (nSPS) is 15.2. The Morgan fingerprint density at radius 1 is 1.50 bits per heavy atom. The minimum Gasteiger partial charge on any atom is -0.384 e. The highest BCUT2D eigenvalue weighted by molar-refractivity contribution is 5.94. The van der Waals surface area contributed by atoms with E-state index in [2.05, 4.69) is 10.3 Å². The van der Waals surface area contributed by atoms with Gasteiger partial charge in [0.25, 0.3) is 5.91 Å². The van der Waals surface area contributed by atoms with Crippen LogP contribution >= 0.6 is 0 Å². The van der Waals surface area contributed by atoms with Crippen LogP contribution in [0.4, 0.5) is 5.82 Å². The molecule has 0 aromatic carbocycles. The predicted molar refractivity (Wildman–Crippen MR) is 72.3 cm³/mol. The number of nitrogen functional groups attached to an aromatic ring is 1. The highest BCUT2D eigenvalue weighted by atomic mass is 16.1. The molecule has 1 fully saturated rings. The van der Waals surface area contributed by atoms with E-state index in [1.165, 1.54) is 19.3 Å². The number of nitrogens with one attached hydrogen (secondary N) is 1.